The third kappa shape index (κ3) is 7.08. The van der Waals surface area contributed by atoms with Crippen molar-refractivity contribution in [1.82, 2.24) is 5.32 Å². The maximum absolute atomic E-state index is 11.7. The smallest absolute Gasteiger partial charge is 0.405 e. The number of amides is 2. The summed E-state index contributed by atoms with van der Waals surface area (Å²) in [7, 11) is 0. The second-order valence-corrected chi connectivity index (χ2v) is 4.81. The van der Waals surface area contributed by atoms with E-state index in [1.165, 1.54) is 0 Å². The fraction of sp³-hybridized carbons (Fsp3) is 0.818. The van der Waals surface area contributed by atoms with E-state index >= 15 is 0 Å². The minimum absolute atomic E-state index is 0.0691. The molecular formula is C11H22N2O5. The van der Waals surface area contributed by atoms with Gasteiger partial charge in [-0.25, -0.2) is 4.79 Å². The lowest BCUT2D eigenvalue weighted by Gasteiger charge is -2.29. The van der Waals surface area contributed by atoms with Crippen LogP contribution in [-0.2, 0) is 14.3 Å². The van der Waals surface area contributed by atoms with Gasteiger partial charge in [0, 0.05) is 6.54 Å². The topological polar surface area (TPSA) is 111 Å². The van der Waals surface area contributed by atoms with E-state index in [9.17, 15) is 9.59 Å². The number of carbonyl (C=O) groups excluding carboxylic acids is 2. The molecule has 2 unspecified atom stereocenters. The van der Waals surface area contributed by atoms with Gasteiger partial charge in [-0.3, -0.25) is 4.79 Å². The van der Waals surface area contributed by atoms with Gasteiger partial charge in [0.25, 0.3) is 5.91 Å². The van der Waals surface area contributed by atoms with Crippen LogP contribution >= 0.6 is 0 Å². The number of carbonyl (C=O) groups is 2. The standard InChI is InChI=1S/C11H22N2O5/c1-7(18-11(2,3)4)8(17-10(12)16)9(15)13-5-6-14/h7-8,14H,5-6H2,1-4H3,(H2,12,16)(H,13,15). The quantitative estimate of drug-likeness (QED) is 0.612. The molecule has 2 amide bonds. The van der Waals surface area contributed by atoms with Crippen molar-refractivity contribution in [1.29, 1.82) is 0 Å². The van der Waals surface area contributed by atoms with Gasteiger partial charge in [0.1, 0.15) is 6.10 Å². The number of nitrogens with one attached hydrogen (secondary N) is 1. The van der Waals surface area contributed by atoms with Gasteiger partial charge in [-0.2, -0.15) is 0 Å². The second-order valence-electron chi connectivity index (χ2n) is 4.81. The van der Waals surface area contributed by atoms with Gasteiger partial charge >= 0.3 is 6.09 Å². The Labute approximate surface area is 107 Å². The van der Waals surface area contributed by atoms with Crippen LogP contribution in [0, 0.1) is 0 Å². The van der Waals surface area contributed by atoms with E-state index in [0.29, 0.717) is 0 Å². The minimum Gasteiger partial charge on any atom is -0.433 e. The van der Waals surface area contributed by atoms with Gasteiger partial charge in [-0.05, 0) is 27.7 Å². The molecule has 4 N–H and O–H groups in total. The molecule has 18 heavy (non-hydrogen) atoms. The van der Waals surface area contributed by atoms with Crippen LogP contribution in [0.3, 0.4) is 0 Å². The Kier molecular flexibility index (Phi) is 6.64. The first-order valence-corrected chi connectivity index (χ1v) is 5.70. The van der Waals surface area contributed by atoms with E-state index in [2.05, 4.69) is 5.32 Å². The third-order valence-corrected chi connectivity index (χ3v) is 1.88. The number of hydrogen-bond donors (Lipinski definition) is 3. The number of aliphatic hydroxyl groups is 1. The predicted octanol–water partition coefficient (Wildman–Crippen LogP) is -0.238. The first-order chi connectivity index (χ1) is 8.17. The molecule has 0 saturated carbocycles. The van der Waals surface area contributed by atoms with Crippen LogP contribution in [0.15, 0.2) is 0 Å². The molecule has 0 fully saturated rings. The van der Waals surface area contributed by atoms with Crippen molar-refractivity contribution < 1.29 is 24.2 Å². The van der Waals surface area contributed by atoms with E-state index in [0.717, 1.165) is 0 Å². The average Bonchev–Trinajstić information content (AvgIpc) is 2.19. The molecule has 0 aliphatic rings. The summed E-state index contributed by atoms with van der Waals surface area (Å²) in [5.41, 5.74) is 4.43. The average molecular weight is 262 g/mol. The highest BCUT2D eigenvalue weighted by atomic mass is 16.6. The van der Waals surface area contributed by atoms with Gasteiger partial charge in [0.2, 0.25) is 6.10 Å². The van der Waals surface area contributed by atoms with Crippen LogP contribution < -0.4 is 11.1 Å². The lowest BCUT2D eigenvalue weighted by molar-refractivity contribution is -0.146. The molecular weight excluding hydrogens is 240 g/mol. The maximum atomic E-state index is 11.7. The molecule has 0 aromatic carbocycles. The molecule has 106 valence electrons. The van der Waals surface area contributed by atoms with E-state index in [1.807, 2.05) is 20.8 Å². The highest BCUT2D eigenvalue weighted by molar-refractivity contribution is 5.83. The fourth-order valence-corrected chi connectivity index (χ4v) is 1.39. The molecule has 0 heterocycles. The van der Waals surface area contributed by atoms with Crippen molar-refractivity contribution in [2.45, 2.75) is 45.5 Å². The third-order valence-electron chi connectivity index (χ3n) is 1.88. The first kappa shape index (κ1) is 16.7. The van der Waals surface area contributed by atoms with Crippen molar-refractivity contribution in [3.63, 3.8) is 0 Å². The van der Waals surface area contributed by atoms with Crippen molar-refractivity contribution >= 4 is 12.0 Å². The van der Waals surface area contributed by atoms with Crippen molar-refractivity contribution in [2.24, 2.45) is 5.73 Å². The summed E-state index contributed by atoms with van der Waals surface area (Å²) in [5.74, 6) is -0.556. The maximum Gasteiger partial charge on any atom is 0.405 e. The molecule has 0 rings (SSSR count). The zero-order chi connectivity index (χ0) is 14.3. The minimum atomic E-state index is -1.15. The van der Waals surface area contributed by atoms with Crippen LogP contribution in [0.4, 0.5) is 4.79 Å². The lowest BCUT2D eigenvalue weighted by atomic mass is 10.1. The van der Waals surface area contributed by atoms with Crippen molar-refractivity contribution in [2.75, 3.05) is 13.2 Å². The fourth-order valence-electron chi connectivity index (χ4n) is 1.39. The van der Waals surface area contributed by atoms with Crippen LogP contribution in [0.25, 0.3) is 0 Å². The van der Waals surface area contributed by atoms with E-state index in [4.69, 9.17) is 20.3 Å². The summed E-state index contributed by atoms with van der Waals surface area (Å²) >= 11 is 0. The molecule has 0 aliphatic heterocycles. The molecule has 7 heteroatoms. The Bertz CT molecular complexity index is 288. The van der Waals surface area contributed by atoms with Crippen LogP contribution in [0.5, 0.6) is 0 Å². The monoisotopic (exact) mass is 262 g/mol. The Morgan fingerprint density at radius 3 is 2.33 bits per heavy atom. The molecule has 0 radical (unpaired) electrons. The SMILES string of the molecule is CC(OC(C)(C)C)C(OC(N)=O)C(=O)NCCO. The lowest BCUT2D eigenvalue weighted by Crippen LogP contribution is -2.48. The zero-order valence-corrected chi connectivity index (χ0v) is 11.2. The van der Waals surface area contributed by atoms with Crippen LogP contribution in [0.2, 0.25) is 0 Å². The molecule has 0 saturated heterocycles. The van der Waals surface area contributed by atoms with E-state index in [-0.39, 0.29) is 13.2 Å². The van der Waals surface area contributed by atoms with Gasteiger partial charge in [-0.15, -0.1) is 0 Å². The summed E-state index contributed by atoms with van der Waals surface area (Å²) in [6.07, 6.45) is -2.85. The summed E-state index contributed by atoms with van der Waals surface area (Å²) in [5, 5.41) is 11.0. The largest absolute Gasteiger partial charge is 0.433 e. The highest BCUT2D eigenvalue weighted by Crippen LogP contribution is 2.15. The molecule has 0 aliphatic carbocycles. The van der Waals surface area contributed by atoms with Gasteiger partial charge < -0.3 is 25.6 Å². The summed E-state index contributed by atoms with van der Waals surface area (Å²) < 4.78 is 10.3. The summed E-state index contributed by atoms with van der Waals surface area (Å²) in [6.45, 7) is 6.92. The zero-order valence-electron chi connectivity index (χ0n) is 11.2. The molecule has 0 spiro atoms. The first-order valence-electron chi connectivity index (χ1n) is 5.70. The predicted molar refractivity (Wildman–Crippen MR) is 64.9 cm³/mol. The highest BCUT2D eigenvalue weighted by Gasteiger charge is 2.31. The van der Waals surface area contributed by atoms with Gasteiger partial charge in [0.15, 0.2) is 0 Å². The number of aliphatic hydroxyl groups excluding tert-OH is 1. The number of ether oxygens (including phenoxy) is 2. The van der Waals surface area contributed by atoms with Gasteiger partial charge in [0.05, 0.1) is 12.2 Å². The van der Waals surface area contributed by atoms with Crippen molar-refractivity contribution in [3.05, 3.63) is 0 Å². The molecule has 7 nitrogen and oxygen atoms in total. The van der Waals surface area contributed by atoms with Crippen LogP contribution in [0.1, 0.15) is 27.7 Å². The van der Waals surface area contributed by atoms with Crippen molar-refractivity contribution in [3.8, 4) is 0 Å². The molecule has 0 aromatic rings. The Morgan fingerprint density at radius 1 is 1.39 bits per heavy atom. The molecule has 0 aromatic heterocycles. The Hall–Kier alpha value is -1.34. The Morgan fingerprint density at radius 2 is 1.94 bits per heavy atom. The number of nitrogens with two attached hydrogens (primary N) is 1. The number of hydrogen-bond acceptors (Lipinski definition) is 5. The summed E-state index contributed by atoms with van der Waals surface area (Å²) in [6, 6.07) is 0. The van der Waals surface area contributed by atoms with E-state index in [1.54, 1.807) is 6.92 Å². The molecule has 0 bridgehead atoms. The number of rotatable bonds is 6. The Balaban J connectivity index is 4.65. The van der Waals surface area contributed by atoms with Crippen LogP contribution in [-0.4, -0.2) is 48.1 Å². The second kappa shape index (κ2) is 7.17. The van der Waals surface area contributed by atoms with Gasteiger partial charge in [-0.1, -0.05) is 0 Å². The van der Waals surface area contributed by atoms with E-state index < -0.39 is 29.8 Å². The number of primary amides is 1. The molecule has 2 atom stereocenters. The summed E-state index contributed by atoms with van der Waals surface area (Å²) in [4.78, 5) is 22.5. The normalized spacial score (nSPS) is 14.7.